The third-order valence-electron chi connectivity index (χ3n) is 6.05. The molecule has 0 unspecified atom stereocenters. The van der Waals surface area contributed by atoms with Gasteiger partial charge in [-0.15, -0.1) is 0 Å². The Kier molecular flexibility index (Phi) is 5.17. The summed E-state index contributed by atoms with van der Waals surface area (Å²) in [5, 5.41) is 6.72. The van der Waals surface area contributed by atoms with E-state index in [-0.39, 0.29) is 59.6 Å². The first kappa shape index (κ1) is 19.3. The maximum absolute atomic E-state index is 12.5. The van der Waals surface area contributed by atoms with Crippen LogP contribution in [0.2, 0.25) is 0 Å². The summed E-state index contributed by atoms with van der Waals surface area (Å²) < 4.78 is 0. The van der Waals surface area contributed by atoms with Gasteiger partial charge in [-0.1, -0.05) is 12.8 Å². The molecule has 3 aliphatic rings. The maximum Gasteiger partial charge on any atom is 0.233 e. The van der Waals surface area contributed by atoms with Gasteiger partial charge in [0.1, 0.15) is 0 Å². The molecule has 0 bridgehead atoms. The fraction of sp³-hybridized carbons (Fsp3) is 0.850. The molecule has 2 N–H and O–H groups in total. The van der Waals surface area contributed by atoms with Gasteiger partial charge in [0, 0.05) is 30.1 Å². The van der Waals surface area contributed by atoms with Gasteiger partial charge in [0.2, 0.25) is 17.7 Å². The second-order valence-corrected chi connectivity index (χ2v) is 9.64. The quantitative estimate of drug-likeness (QED) is 0.749. The van der Waals surface area contributed by atoms with Crippen molar-refractivity contribution in [2.45, 2.75) is 89.8 Å². The number of nitrogens with one attached hydrogen (secondary N) is 2. The fourth-order valence-corrected chi connectivity index (χ4v) is 5.39. The number of nitrogens with zero attached hydrogens (tertiary/aromatic N) is 1. The molecule has 0 aromatic carbocycles. The molecular formula is C20H33N3O3. The second kappa shape index (κ2) is 6.95. The summed E-state index contributed by atoms with van der Waals surface area (Å²) in [6, 6.07) is 0.112. The van der Waals surface area contributed by atoms with Crippen LogP contribution in [0.4, 0.5) is 0 Å². The van der Waals surface area contributed by atoms with Crippen molar-refractivity contribution in [3.63, 3.8) is 0 Å². The average Bonchev–Trinajstić information content (AvgIpc) is 2.74. The number of hydrogen-bond acceptors (Lipinski definition) is 4. The molecule has 2 saturated heterocycles. The van der Waals surface area contributed by atoms with E-state index in [1.165, 1.54) is 4.90 Å². The molecule has 26 heavy (non-hydrogen) atoms. The smallest absolute Gasteiger partial charge is 0.233 e. The van der Waals surface area contributed by atoms with Gasteiger partial charge in [-0.3, -0.25) is 19.3 Å². The summed E-state index contributed by atoms with van der Waals surface area (Å²) >= 11 is 0. The lowest BCUT2D eigenvalue weighted by molar-refractivity contribution is -0.140. The van der Waals surface area contributed by atoms with Gasteiger partial charge >= 0.3 is 0 Å². The van der Waals surface area contributed by atoms with Gasteiger partial charge in [0.15, 0.2) is 0 Å². The largest absolute Gasteiger partial charge is 0.353 e. The first-order valence-corrected chi connectivity index (χ1v) is 10.0. The molecule has 3 fully saturated rings. The zero-order valence-corrected chi connectivity index (χ0v) is 16.6. The number of imide groups is 1. The minimum atomic E-state index is -0.134. The Morgan fingerprint density at radius 3 is 2.04 bits per heavy atom. The number of amides is 3. The molecule has 3 rings (SSSR count). The average molecular weight is 364 g/mol. The number of hydrogen-bond donors (Lipinski definition) is 2. The van der Waals surface area contributed by atoms with Crippen LogP contribution in [0.25, 0.3) is 0 Å². The molecule has 3 amide bonds. The lowest BCUT2D eigenvalue weighted by Crippen LogP contribution is -2.62. The van der Waals surface area contributed by atoms with Crippen LogP contribution in [-0.4, -0.2) is 46.3 Å². The zero-order chi connectivity index (χ0) is 19.1. The maximum atomic E-state index is 12.5. The van der Waals surface area contributed by atoms with Crippen LogP contribution in [-0.2, 0) is 14.4 Å². The van der Waals surface area contributed by atoms with Crippen LogP contribution in [0, 0.1) is 11.8 Å². The number of fused-ring (bicyclic) bond motifs is 1. The third-order valence-corrected chi connectivity index (χ3v) is 6.05. The van der Waals surface area contributed by atoms with Crippen molar-refractivity contribution in [3.8, 4) is 0 Å². The Morgan fingerprint density at radius 1 is 1.04 bits per heavy atom. The Labute approximate surface area is 156 Å². The van der Waals surface area contributed by atoms with Crippen molar-refractivity contribution in [3.05, 3.63) is 0 Å². The van der Waals surface area contributed by atoms with Crippen molar-refractivity contribution in [1.82, 2.24) is 15.5 Å². The minimum Gasteiger partial charge on any atom is -0.353 e. The highest BCUT2D eigenvalue weighted by molar-refractivity contribution is 6.05. The molecule has 1 saturated carbocycles. The van der Waals surface area contributed by atoms with Crippen LogP contribution < -0.4 is 10.6 Å². The summed E-state index contributed by atoms with van der Waals surface area (Å²) in [4.78, 5) is 38.8. The normalized spacial score (nSPS) is 31.0. The van der Waals surface area contributed by atoms with Gasteiger partial charge < -0.3 is 10.6 Å². The van der Waals surface area contributed by atoms with E-state index in [1.54, 1.807) is 0 Å². The monoisotopic (exact) mass is 363 g/mol. The molecule has 0 aromatic heterocycles. The first-order chi connectivity index (χ1) is 12.1. The predicted octanol–water partition coefficient (Wildman–Crippen LogP) is 1.98. The molecule has 2 heterocycles. The lowest BCUT2D eigenvalue weighted by Gasteiger charge is -2.46. The number of piperidine rings is 1. The highest BCUT2D eigenvalue weighted by Gasteiger charge is 2.48. The van der Waals surface area contributed by atoms with Crippen LogP contribution in [0.1, 0.15) is 72.6 Å². The molecule has 0 radical (unpaired) electrons. The Hall–Kier alpha value is -1.43. The summed E-state index contributed by atoms with van der Waals surface area (Å²) in [5.41, 5.74) is -0.0629. The number of rotatable bonds is 4. The van der Waals surface area contributed by atoms with Crippen molar-refractivity contribution >= 4 is 17.7 Å². The summed E-state index contributed by atoms with van der Waals surface area (Å²) in [7, 11) is 0. The molecule has 6 heteroatoms. The summed E-state index contributed by atoms with van der Waals surface area (Å²) in [6.07, 6.45) is 5.61. The van der Waals surface area contributed by atoms with E-state index < -0.39 is 0 Å². The molecule has 146 valence electrons. The molecule has 1 aliphatic carbocycles. The van der Waals surface area contributed by atoms with Gasteiger partial charge in [-0.05, 0) is 53.4 Å². The van der Waals surface area contributed by atoms with E-state index in [1.807, 2.05) is 0 Å². The van der Waals surface area contributed by atoms with Crippen molar-refractivity contribution < 1.29 is 14.4 Å². The molecule has 2 atom stereocenters. The molecule has 0 aromatic rings. The van der Waals surface area contributed by atoms with Gasteiger partial charge in [0.05, 0.1) is 11.8 Å². The van der Waals surface area contributed by atoms with E-state index in [0.29, 0.717) is 0 Å². The van der Waals surface area contributed by atoms with Crippen LogP contribution in [0.15, 0.2) is 0 Å². The standard InChI is InChI=1S/C20H33N3O3/c1-19(2)11-13(12-20(3,4)22-19)21-16(24)9-10-23-17(25)14-7-5-6-8-15(14)18(23)26/h13-15,22H,5-12H2,1-4H3,(H,21,24)/t14-,15+. The van der Waals surface area contributed by atoms with E-state index in [4.69, 9.17) is 0 Å². The van der Waals surface area contributed by atoms with Gasteiger partial charge in [-0.2, -0.15) is 0 Å². The van der Waals surface area contributed by atoms with Crippen molar-refractivity contribution in [1.29, 1.82) is 0 Å². The van der Waals surface area contributed by atoms with Gasteiger partial charge in [0.25, 0.3) is 0 Å². The third kappa shape index (κ3) is 4.11. The number of carbonyl (C=O) groups excluding carboxylic acids is 3. The van der Waals surface area contributed by atoms with Gasteiger partial charge in [-0.25, -0.2) is 0 Å². The lowest BCUT2D eigenvalue weighted by atomic mass is 9.79. The van der Waals surface area contributed by atoms with E-state index in [0.717, 1.165) is 38.5 Å². The topological polar surface area (TPSA) is 78.5 Å². The molecule has 0 spiro atoms. The summed E-state index contributed by atoms with van der Waals surface area (Å²) in [5.74, 6) is -0.456. The highest BCUT2D eigenvalue weighted by Crippen LogP contribution is 2.38. The highest BCUT2D eigenvalue weighted by atomic mass is 16.2. The van der Waals surface area contributed by atoms with Crippen LogP contribution in [0.5, 0.6) is 0 Å². The first-order valence-electron chi connectivity index (χ1n) is 10.0. The Morgan fingerprint density at radius 2 is 1.54 bits per heavy atom. The van der Waals surface area contributed by atoms with Crippen molar-refractivity contribution in [2.24, 2.45) is 11.8 Å². The predicted molar refractivity (Wildman–Crippen MR) is 99.2 cm³/mol. The summed E-state index contributed by atoms with van der Waals surface area (Å²) in [6.45, 7) is 8.81. The van der Waals surface area contributed by atoms with E-state index in [2.05, 4.69) is 38.3 Å². The van der Waals surface area contributed by atoms with Crippen LogP contribution >= 0.6 is 0 Å². The Balaban J connectivity index is 1.53. The molecule has 2 aliphatic heterocycles. The zero-order valence-electron chi connectivity index (χ0n) is 16.6. The van der Waals surface area contributed by atoms with E-state index in [9.17, 15) is 14.4 Å². The van der Waals surface area contributed by atoms with Crippen molar-refractivity contribution in [2.75, 3.05) is 6.54 Å². The molecular weight excluding hydrogens is 330 g/mol. The van der Waals surface area contributed by atoms with Crippen LogP contribution in [0.3, 0.4) is 0 Å². The molecule has 6 nitrogen and oxygen atoms in total. The number of likely N-dealkylation sites (tertiary alicyclic amines) is 1. The minimum absolute atomic E-state index is 0.0315. The fourth-order valence-electron chi connectivity index (χ4n) is 5.39. The Bertz CT molecular complexity index is 559. The van der Waals surface area contributed by atoms with E-state index >= 15 is 0 Å². The second-order valence-electron chi connectivity index (χ2n) is 9.64. The number of carbonyl (C=O) groups is 3. The SMILES string of the molecule is CC1(C)CC(NC(=O)CCN2C(=O)[C@H]3CCCC[C@H]3C2=O)CC(C)(C)N1.